The van der Waals surface area contributed by atoms with E-state index in [-0.39, 0.29) is 11.2 Å². The second-order valence-corrected chi connectivity index (χ2v) is 11.2. The van der Waals surface area contributed by atoms with Crippen LogP contribution in [0.5, 0.6) is 0 Å². The number of aryl methyl sites for hydroxylation is 1. The fourth-order valence-corrected chi connectivity index (χ4v) is 6.25. The normalized spacial score (nSPS) is 19.8. The smallest absolute Gasteiger partial charge is 0.164 e. The highest BCUT2D eigenvalue weighted by Gasteiger charge is 2.46. The Labute approximate surface area is 210 Å². The van der Waals surface area contributed by atoms with E-state index in [9.17, 15) is 10.1 Å². The summed E-state index contributed by atoms with van der Waals surface area (Å²) in [6.45, 7) is 8.19. The van der Waals surface area contributed by atoms with Crippen molar-refractivity contribution in [1.82, 2.24) is 0 Å². The van der Waals surface area contributed by atoms with Crippen molar-refractivity contribution in [1.29, 1.82) is 5.26 Å². The van der Waals surface area contributed by atoms with Crippen molar-refractivity contribution >= 4 is 34.0 Å². The number of Topliss-reactive ketones (excluding diaryl/α,β-unsaturated/α-hetero) is 1. The molecule has 0 spiro atoms. The maximum absolute atomic E-state index is 13.8. The van der Waals surface area contributed by atoms with Crippen LogP contribution < -0.4 is 10.6 Å². The van der Waals surface area contributed by atoms with Gasteiger partial charge in [-0.25, -0.2) is 0 Å². The summed E-state index contributed by atoms with van der Waals surface area (Å²) in [6.07, 6.45) is 1.11. The van der Waals surface area contributed by atoms with E-state index in [1.165, 1.54) is 0 Å². The fraction of sp³-hybridized carbons (Fsp3) is 0.310. The minimum atomic E-state index is -0.531. The number of allylic oxidation sites excluding steroid dienone is 3. The lowest BCUT2D eigenvalue weighted by atomic mass is 9.69. The van der Waals surface area contributed by atoms with Gasteiger partial charge in [0.25, 0.3) is 0 Å². The van der Waals surface area contributed by atoms with Crippen LogP contribution in [0.25, 0.3) is 10.8 Å². The number of benzene rings is 2. The van der Waals surface area contributed by atoms with Crippen molar-refractivity contribution in [3.8, 4) is 6.07 Å². The van der Waals surface area contributed by atoms with Gasteiger partial charge >= 0.3 is 0 Å². The summed E-state index contributed by atoms with van der Waals surface area (Å²) in [5.41, 5.74) is 10.3. The standard InChI is InChI=1S/C29H29N3O2S/c1-5-35-28-20(13-17(2)34-28)25-21(16-30)27(31)32(23-14-29(3,4)15-24(33)26(23)25)22-12-8-10-18-9-6-7-11-19(18)22/h6-13,25H,5,14-15,31H2,1-4H3. The number of hydrogen-bond donors (Lipinski definition) is 1. The molecule has 0 fully saturated rings. The first-order chi connectivity index (χ1) is 16.8. The molecule has 2 aromatic carbocycles. The summed E-state index contributed by atoms with van der Waals surface area (Å²) in [6, 6.07) is 18.5. The third-order valence-corrected chi connectivity index (χ3v) is 7.69. The number of fused-ring (bicyclic) bond motifs is 1. The Morgan fingerprint density at radius 1 is 1.20 bits per heavy atom. The van der Waals surface area contributed by atoms with Crippen LogP contribution in [-0.2, 0) is 4.79 Å². The van der Waals surface area contributed by atoms with Crippen LogP contribution in [0.2, 0.25) is 0 Å². The number of anilines is 1. The molecule has 1 aliphatic carbocycles. The average Bonchev–Trinajstić information content (AvgIpc) is 3.17. The summed E-state index contributed by atoms with van der Waals surface area (Å²) in [5.74, 6) is 1.50. The molecule has 1 aromatic heterocycles. The maximum atomic E-state index is 13.8. The summed E-state index contributed by atoms with van der Waals surface area (Å²) in [5, 5.41) is 13.2. The first-order valence-electron chi connectivity index (χ1n) is 11.9. The molecular formula is C29H29N3O2S. The van der Waals surface area contributed by atoms with Crippen molar-refractivity contribution in [3.05, 3.63) is 82.5 Å². The molecule has 35 heavy (non-hydrogen) atoms. The zero-order valence-electron chi connectivity index (χ0n) is 20.5. The van der Waals surface area contributed by atoms with Gasteiger partial charge in [-0.3, -0.25) is 9.69 Å². The van der Waals surface area contributed by atoms with E-state index in [0.29, 0.717) is 29.8 Å². The van der Waals surface area contributed by atoms with E-state index in [1.54, 1.807) is 11.8 Å². The Morgan fingerprint density at radius 2 is 1.94 bits per heavy atom. The van der Waals surface area contributed by atoms with Crippen LogP contribution in [0.4, 0.5) is 5.69 Å². The maximum Gasteiger partial charge on any atom is 0.164 e. The van der Waals surface area contributed by atoms with Gasteiger partial charge in [0.05, 0.1) is 23.2 Å². The van der Waals surface area contributed by atoms with Gasteiger partial charge in [0.1, 0.15) is 11.6 Å². The number of nitrogens with zero attached hydrogens (tertiary/aromatic N) is 2. The first-order valence-corrected chi connectivity index (χ1v) is 12.9. The summed E-state index contributed by atoms with van der Waals surface area (Å²) in [7, 11) is 0. The van der Waals surface area contributed by atoms with E-state index in [4.69, 9.17) is 10.2 Å². The van der Waals surface area contributed by atoms with Gasteiger partial charge in [0.15, 0.2) is 10.9 Å². The lowest BCUT2D eigenvalue weighted by Gasteiger charge is -2.44. The van der Waals surface area contributed by atoms with E-state index in [2.05, 4.69) is 45.0 Å². The highest BCUT2D eigenvalue weighted by atomic mass is 32.2. The van der Waals surface area contributed by atoms with Crippen LogP contribution >= 0.6 is 11.8 Å². The van der Waals surface area contributed by atoms with E-state index in [0.717, 1.165) is 44.3 Å². The highest BCUT2D eigenvalue weighted by Crippen LogP contribution is 2.52. The molecule has 0 saturated carbocycles. The molecule has 3 aromatic rings. The number of hydrogen-bond acceptors (Lipinski definition) is 6. The Bertz CT molecular complexity index is 1450. The fourth-order valence-electron chi connectivity index (χ4n) is 5.46. The van der Waals surface area contributed by atoms with Gasteiger partial charge in [0, 0.05) is 28.6 Å². The minimum absolute atomic E-state index is 0.0676. The molecular weight excluding hydrogens is 454 g/mol. The summed E-state index contributed by atoms with van der Waals surface area (Å²) < 4.78 is 6.00. The monoisotopic (exact) mass is 483 g/mol. The van der Waals surface area contributed by atoms with Gasteiger partial charge in [-0.2, -0.15) is 5.26 Å². The molecule has 178 valence electrons. The topological polar surface area (TPSA) is 83.3 Å². The van der Waals surface area contributed by atoms with Crippen LogP contribution in [0.3, 0.4) is 0 Å². The van der Waals surface area contributed by atoms with Gasteiger partial charge in [-0.05, 0) is 42.0 Å². The molecule has 0 radical (unpaired) electrons. The number of carbonyl (C=O) groups is 1. The Hall–Kier alpha value is -3.43. The zero-order valence-corrected chi connectivity index (χ0v) is 21.3. The zero-order chi connectivity index (χ0) is 24.9. The molecule has 6 heteroatoms. The molecule has 1 atom stereocenters. The molecule has 2 aliphatic rings. The number of ketones is 1. The number of furan rings is 1. The quantitative estimate of drug-likeness (QED) is 0.411. The Morgan fingerprint density at radius 3 is 2.69 bits per heavy atom. The largest absolute Gasteiger partial charge is 0.455 e. The highest BCUT2D eigenvalue weighted by molar-refractivity contribution is 7.99. The number of nitrogens with two attached hydrogens (primary N) is 1. The molecule has 0 saturated heterocycles. The molecule has 1 aliphatic heterocycles. The second kappa shape index (κ2) is 8.66. The van der Waals surface area contributed by atoms with Crippen LogP contribution in [0.15, 0.2) is 80.7 Å². The lowest BCUT2D eigenvalue weighted by molar-refractivity contribution is -0.118. The van der Waals surface area contributed by atoms with Crippen molar-refractivity contribution < 1.29 is 9.21 Å². The SMILES string of the molecule is CCSc1oc(C)cc1C1C(C#N)=C(N)N(c2cccc3ccccc23)C2=C1C(=O)CC(C)(C)C2. The molecule has 2 heterocycles. The lowest BCUT2D eigenvalue weighted by Crippen LogP contribution is -2.42. The third-order valence-electron chi connectivity index (χ3n) is 6.82. The summed E-state index contributed by atoms with van der Waals surface area (Å²) in [4.78, 5) is 15.8. The van der Waals surface area contributed by atoms with E-state index >= 15 is 0 Å². The van der Waals surface area contributed by atoms with Crippen LogP contribution in [-0.4, -0.2) is 11.5 Å². The van der Waals surface area contributed by atoms with Gasteiger partial charge < -0.3 is 10.2 Å². The minimum Gasteiger partial charge on any atom is -0.455 e. The average molecular weight is 484 g/mol. The van der Waals surface area contributed by atoms with Crippen molar-refractivity contribution in [2.75, 3.05) is 10.7 Å². The second-order valence-electron chi connectivity index (χ2n) is 10.0. The predicted octanol–water partition coefficient (Wildman–Crippen LogP) is 6.79. The Balaban J connectivity index is 1.82. The molecule has 5 rings (SSSR count). The van der Waals surface area contributed by atoms with E-state index in [1.807, 2.05) is 42.2 Å². The molecule has 5 nitrogen and oxygen atoms in total. The Kier molecular flexibility index (Phi) is 5.77. The van der Waals surface area contributed by atoms with Crippen molar-refractivity contribution in [3.63, 3.8) is 0 Å². The van der Waals surface area contributed by atoms with E-state index < -0.39 is 5.92 Å². The number of thioether (sulfide) groups is 1. The third kappa shape index (κ3) is 3.84. The molecule has 0 bridgehead atoms. The van der Waals surface area contributed by atoms with Crippen LogP contribution in [0, 0.1) is 23.7 Å². The number of rotatable bonds is 4. The van der Waals surface area contributed by atoms with Gasteiger partial charge in [-0.15, -0.1) is 0 Å². The van der Waals surface area contributed by atoms with Gasteiger partial charge in [-0.1, -0.05) is 68.9 Å². The molecule has 2 N–H and O–H groups in total. The predicted molar refractivity (Wildman–Crippen MR) is 141 cm³/mol. The molecule has 1 unspecified atom stereocenters. The van der Waals surface area contributed by atoms with Crippen molar-refractivity contribution in [2.24, 2.45) is 11.1 Å². The number of carbonyl (C=O) groups excluding carboxylic acids is 1. The van der Waals surface area contributed by atoms with Crippen LogP contribution in [0.1, 0.15) is 50.9 Å². The molecule has 0 amide bonds. The summed E-state index contributed by atoms with van der Waals surface area (Å²) >= 11 is 1.58. The first kappa shape index (κ1) is 23.3. The van der Waals surface area contributed by atoms with Gasteiger partial charge in [0.2, 0.25) is 0 Å². The number of nitriles is 1. The van der Waals surface area contributed by atoms with Crippen molar-refractivity contribution in [2.45, 2.75) is 51.5 Å².